The lowest BCUT2D eigenvalue weighted by Gasteiger charge is -2.37. The van der Waals surface area contributed by atoms with Crippen LogP contribution in [-0.4, -0.2) is 95.0 Å². The molecule has 1 fully saturated rings. The van der Waals surface area contributed by atoms with Crippen molar-refractivity contribution in [2.24, 2.45) is 0 Å². The van der Waals surface area contributed by atoms with Crippen molar-refractivity contribution in [3.05, 3.63) is 83.4 Å². The lowest BCUT2D eigenvalue weighted by atomic mass is 9.87. The average Bonchev–Trinajstić information content (AvgIpc) is 3.10. The SMILES string of the molecule is COCCCN1C(=O)COc2ccc(COC3CN(C(=O)O)CCC3c3ccc(OCCOCCc4ccccc4OC)cc3)cc21. The van der Waals surface area contributed by atoms with Gasteiger partial charge in [-0.1, -0.05) is 36.4 Å². The Kier molecular flexibility index (Phi) is 12.3. The maximum Gasteiger partial charge on any atom is 0.407 e. The van der Waals surface area contributed by atoms with Gasteiger partial charge in [0.25, 0.3) is 5.91 Å². The molecule has 0 bridgehead atoms. The van der Waals surface area contributed by atoms with Crippen LogP contribution in [0.15, 0.2) is 66.7 Å². The first-order valence-corrected chi connectivity index (χ1v) is 16.0. The first kappa shape index (κ1) is 34.0. The van der Waals surface area contributed by atoms with Crippen LogP contribution in [0.2, 0.25) is 0 Å². The highest BCUT2D eigenvalue weighted by Gasteiger charge is 2.33. The van der Waals surface area contributed by atoms with Gasteiger partial charge in [0.2, 0.25) is 0 Å². The molecule has 1 N–H and O–H groups in total. The van der Waals surface area contributed by atoms with Gasteiger partial charge in [0.1, 0.15) is 23.9 Å². The molecule has 11 heteroatoms. The Hall–Kier alpha value is -4.32. The molecule has 0 spiro atoms. The van der Waals surface area contributed by atoms with Crippen LogP contribution in [0.1, 0.15) is 35.4 Å². The minimum atomic E-state index is -0.956. The van der Waals surface area contributed by atoms with E-state index in [4.69, 9.17) is 28.4 Å². The zero-order valence-corrected chi connectivity index (χ0v) is 27.1. The number of benzene rings is 3. The predicted molar refractivity (Wildman–Crippen MR) is 176 cm³/mol. The average molecular weight is 649 g/mol. The van der Waals surface area contributed by atoms with E-state index < -0.39 is 6.09 Å². The Labute approximate surface area is 275 Å². The molecule has 2 heterocycles. The lowest BCUT2D eigenvalue weighted by Crippen LogP contribution is -2.46. The van der Waals surface area contributed by atoms with Crippen LogP contribution in [0.3, 0.4) is 0 Å². The third-order valence-electron chi connectivity index (χ3n) is 8.50. The number of hydrogen-bond donors (Lipinski definition) is 1. The van der Waals surface area contributed by atoms with E-state index >= 15 is 0 Å². The number of anilines is 1. The van der Waals surface area contributed by atoms with Gasteiger partial charge in [-0.15, -0.1) is 0 Å². The van der Waals surface area contributed by atoms with Crippen LogP contribution in [0.5, 0.6) is 17.2 Å². The number of fused-ring (bicyclic) bond motifs is 1. The fourth-order valence-corrected chi connectivity index (χ4v) is 6.02. The second-order valence-electron chi connectivity index (χ2n) is 11.5. The highest BCUT2D eigenvalue weighted by Crippen LogP contribution is 2.35. The van der Waals surface area contributed by atoms with Crippen molar-refractivity contribution in [1.29, 1.82) is 0 Å². The molecule has 1 saturated heterocycles. The zero-order valence-electron chi connectivity index (χ0n) is 27.1. The second-order valence-corrected chi connectivity index (χ2v) is 11.5. The van der Waals surface area contributed by atoms with Gasteiger partial charge in [-0.2, -0.15) is 0 Å². The van der Waals surface area contributed by atoms with Gasteiger partial charge in [0.15, 0.2) is 6.61 Å². The summed E-state index contributed by atoms with van der Waals surface area (Å²) in [6.45, 7) is 3.51. The molecule has 2 aliphatic rings. The number of para-hydroxylation sites is 1. The number of ether oxygens (including phenoxy) is 6. The topological polar surface area (TPSA) is 116 Å². The Morgan fingerprint density at radius 1 is 1.00 bits per heavy atom. The van der Waals surface area contributed by atoms with Crippen molar-refractivity contribution in [3.8, 4) is 17.2 Å². The van der Waals surface area contributed by atoms with Crippen molar-refractivity contribution in [1.82, 2.24) is 4.90 Å². The normalized spacial score (nSPS) is 17.6. The van der Waals surface area contributed by atoms with Crippen molar-refractivity contribution >= 4 is 17.7 Å². The van der Waals surface area contributed by atoms with Gasteiger partial charge in [0.05, 0.1) is 45.3 Å². The smallest absolute Gasteiger partial charge is 0.407 e. The van der Waals surface area contributed by atoms with Gasteiger partial charge >= 0.3 is 6.09 Å². The molecule has 0 radical (unpaired) electrons. The van der Waals surface area contributed by atoms with Crippen LogP contribution in [0.4, 0.5) is 10.5 Å². The van der Waals surface area contributed by atoms with Crippen molar-refractivity contribution in [2.75, 3.05) is 71.8 Å². The lowest BCUT2D eigenvalue weighted by molar-refractivity contribution is -0.121. The molecule has 0 aromatic heterocycles. The van der Waals surface area contributed by atoms with Gasteiger partial charge in [0, 0.05) is 32.7 Å². The molecule has 2 atom stereocenters. The molecule has 3 aromatic carbocycles. The molecular weight excluding hydrogens is 604 g/mol. The molecular formula is C36H44N2O9. The molecule has 3 aromatic rings. The van der Waals surface area contributed by atoms with E-state index in [-0.39, 0.29) is 37.7 Å². The van der Waals surface area contributed by atoms with E-state index in [1.807, 2.05) is 66.7 Å². The Balaban J connectivity index is 1.16. The van der Waals surface area contributed by atoms with E-state index in [2.05, 4.69) is 0 Å². The Bertz CT molecular complexity index is 1470. The maximum atomic E-state index is 12.6. The number of amides is 2. The van der Waals surface area contributed by atoms with Crippen LogP contribution in [0, 0.1) is 0 Å². The van der Waals surface area contributed by atoms with E-state index in [1.54, 1.807) is 19.1 Å². The quantitative estimate of drug-likeness (QED) is 0.211. The summed E-state index contributed by atoms with van der Waals surface area (Å²) in [5.41, 5.74) is 3.76. The van der Waals surface area contributed by atoms with Crippen molar-refractivity contribution < 1.29 is 43.1 Å². The molecule has 0 aliphatic carbocycles. The third-order valence-corrected chi connectivity index (χ3v) is 8.50. The molecule has 11 nitrogen and oxygen atoms in total. The number of likely N-dealkylation sites (tertiary alicyclic amines) is 1. The van der Waals surface area contributed by atoms with Crippen LogP contribution in [-0.2, 0) is 32.0 Å². The molecule has 47 heavy (non-hydrogen) atoms. The molecule has 252 valence electrons. The van der Waals surface area contributed by atoms with E-state index in [1.165, 1.54) is 4.90 Å². The summed E-state index contributed by atoms with van der Waals surface area (Å²) in [4.78, 5) is 27.6. The van der Waals surface area contributed by atoms with E-state index in [0.717, 1.165) is 34.6 Å². The second kappa shape index (κ2) is 17.0. The number of carboxylic acid groups (broad SMARTS) is 1. The number of rotatable bonds is 16. The summed E-state index contributed by atoms with van der Waals surface area (Å²) < 4.78 is 34.3. The van der Waals surface area contributed by atoms with Gasteiger partial charge < -0.3 is 43.3 Å². The van der Waals surface area contributed by atoms with Gasteiger partial charge in [-0.3, -0.25) is 4.79 Å². The number of carbonyl (C=O) groups is 2. The number of nitrogens with zero attached hydrogens (tertiary/aromatic N) is 2. The van der Waals surface area contributed by atoms with Gasteiger partial charge in [-0.25, -0.2) is 4.79 Å². The largest absolute Gasteiger partial charge is 0.496 e. The summed E-state index contributed by atoms with van der Waals surface area (Å²) in [5, 5.41) is 9.71. The van der Waals surface area contributed by atoms with Crippen LogP contribution >= 0.6 is 0 Å². The number of methoxy groups -OCH3 is 2. The molecule has 2 amide bonds. The fraction of sp³-hybridized carbons (Fsp3) is 0.444. The van der Waals surface area contributed by atoms with E-state index in [0.29, 0.717) is 63.8 Å². The summed E-state index contributed by atoms with van der Waals surface area (Å²) in [6.07, 6.45) is 0.796. The number of piperidine rings is 1. The van der Waals surface area contributed by atoms with Gasteiger partial charge in [-0.05, 0) is 66.3 Å². The van der Waals surface area contributed by atoms with E-state index in [9.17, 15) is 14.7 Å². The van der Waals surface area contributed by atoms with Crippen LogP contribution in [0.25, 0.3) is 0 Å². The minimum absolute atomic E-state index is 0.00559. The third kappa shape index (κ3) is 9.15. The highest BCUT2D eigenvalue weighted by molar-refractivity contribution is 5.97. The summed E-state index contributed by atoms with van der Waals surface area (Å²) in [6, 6.07) is 21.5. The summed E-state index contributed by atoms with van der Waals surface area (Å²) >= 11 is 0. The standard InChI is InChI=1S/C36H44N2O9/c1-42-18-5-16-38-31-22-26(8-13-33(31)47-25-35(38)39)24-46-34-23-37(36(40)41)17-14-30(34)27-9-11-29(12-10-27)45-21-20-44-19-15-28-6-3-4-7-32(28)43-2/h3-4,6-13,22,30,34H,5,14-21,23-25H2,1-2H3,(H,40,41). The summed E-state index contributed by atoms with van der Waals surface area (Å²) in [7, 11) is 3.31. The first-order chi connectivity index (χ1) is 23.0. The Morgan fingerprint density at radius 3 is 2.62 bits per heavy atom. The molecule has 2 unspecified atom stereocenters. The minimum Gasteiger partial charge on any atom is -0.496 e. The molecule has 0 saturated carbocycles. The maximum absolute atomic E-state index is 12.6. The summed E-state index contributed by atoms with van der Waals surface area (Å²) in [5.74, 6) is 2.16. The Morgan fingerprint density at radius 2 is 1.83 bits per heavy atom. The van der Waals surface area contributed by atoms with Crippen molar-refractivity contribution in [3.63, 3.8) is 0 Å². The zero-order chi connectivity index (χ0) is 33.0. The first-order valence-electron chi connectivity index (χ1n) is 16.0. The molecule has 5 rings (SSSR count). The highest BCUT2D eigenvalue weighted by atomic mass is 16.5. The number of carbonyl (C=O) groups excluding carboxylic acids is 1. The number of hydrogen-bond acceptors (Lipinski definition) is 8. The molecule has 2 aliphatic heterocycles. The fourth-order valence-electron chi connectivity index (χ4n) is 6.02. The van der Waals surface area contributed by atoms with Crippen molar-refractivity contribution in [2.45, 2.75) is 37.9 Å². The monoisotopic (exact) mass is 648 g/mol. The predicted octanol–water partition coefficient (Wildman–Crippen LogP) is 5.15. The van der Waals surface area contributed by atoms with Crippen LogP contribution < -0.4 is 19.1 Å².